The van der Waals surface area contributed by atoms with Crippen LogP contribution in [0.15, 0.2) is 48.5 Å². The minimum Gasteiger partial charge on any atom is -0.493 e. The number of carbonyl (C=O) groups excluding carboxylic acids is 1. The maximum absolute atomic E-state index is 12.3. The molecule has 4 nitrogen and oxygen atoms in total. The number of hydrogen-bond acceptors (Lipinski definition) is 3. The van der Waals surface area contributed by atoms with Gasteiger partial charge in [-0.3, -0.25) is 4.79 Å². The molecule has 0 heterocycles. The van der Waals surface area contributed by atoms with E-state index in [1.165, 1.54) is 0 Å². The molecule has 116 valence electrons. The molecule has 0 saturated heterocycles. The zero-order valence-electron chi connectivity index (χ0n) is 12.9. The van der Waals surface area contributed by atoms with E-state index < -0.39 is 6.10 Å². The van der Waals surface area contributed by atoms with E-state index >= 15 is 0 Å². The second-order valence-corrected chi connectivity index (χ2v) is 5.01. The van der Waals surface area contributed by atoms with Gasteiger partial charge in [-0.05, 0) is 37.1 Å². The van der Waals surface area contributed by atoms with E-state index in [4.69, 9.17) is 4.74 Å². The number of aliphatic hydroxyl groups is 1. The van der Waals surface area contributed by atoms with Crippen LogP contribution in [-0.4, -0.2) is 24.2 Å². The van der Waals surface area contributed by atoms with Crippen LogP contribution >= 0.6 is 0 Å². The van der Waals surface area contributed by atoms with Gasteiger partial charge in [0, 0.05) is 6.54 Å². The van der Waals surface area contributed by atoms with Crippen molar-refractivity contribution in [2.24, 2.45) is 0 Å². The molecule has 0 radical (unpaired) electrons. The second kappa shape index (κ2) is 7.61. The fourth-order valence-corrected chi connectivity index (χ4v) is 2.29. The molecule has 1 amide bonds. The molecule has 4 heteroatoms. The molecule has 0 aliphatic carbocycles. The lowest BCUT2D eigenvalue weighted by atomic mass is 10.0. The summed E-state index contributed by atoms with van der Waals surface area (Å²) < 4.78 is 5.45. The summed E-state index contributed by atoms with van der Waals surface area (Å²) in [4.78, 5) is 12.3. The predicted octanol–water partition coefficient (Wildman–Crippen LogP) is 2.86. The van der Waals surface area contributed by atoms with Crippen LogP contribution in [0.25, 0.3) is 0 Å². The van der Waals surface area contributed by atoms with E-state index in [1.54, 1.807) is 18.2 Å². The third-order valence-electron chi connectivity index (χ3n) is 3.43. The van der Waals surface area contributed by atoms with Gasteiger partial charge in [0.15, 0.2) is 0 Å². The average Bonchev–Trinajstić information content (AvgIpc) is 2.53. The van der Waals surface area contributed by atoms with Crippen LogP contribution in [0.4, 0.5) is 0 Å². The molecule has 2 aromatic rings. The fraction of sp³-hybridized carbons (Fsp3) is 0.278. The molecule has 0 aromatic heterocycles. The molecule has 0 fully saturated rings. The summed E-state index contributed by atoms with van der Waals surface area (Å²) >= 11 is 0. The van der Waals surface area contributed by atoms with Crippen LogP contribution in [-0.2, 0) is 0 Å². The second-order valence-electron chi connectivity index (χ2n) is 5.01. The average molecular weight is 299 g/mol. The highest BCUT2D eigenvalue weighted by atomic mass is 16.5. The van der Waals surface area contributed by atoms with Crippen molar-refractivity contribution in [3.05, 3.63) is 65.2 Å². The molecule has 0 saturated carbocycles. The molecule has 2 aromatic carbocycles. The van der Waals surface area contributed by atoms with Crippen LogP contribution in [0.5, 0.6) is 5.75 Å². The normalized spacial score (nSPS) is 11.8. The molecule has 2 rings (SSSR count). The first-order valence-corrected chi connectivity index (χ1v) is 7.37. The maximum atomic E-state index is 12.3. The molecule has 0 aliphatic rings. The van der Waals surface area contributed by atoms with Crippen molar-refractivity contribution in [3.8, 4) is 5.75 Å². The Hall–Kier alpha value is -2.33. The molecule has 0 aliphatic heterocycles. The Labute approximate surface area is 130 Å². The minimum atomic E-state index is -0.732. The van der Waals surface area contributed by atoms with E-state index in [2.05, 4.69) is 5.32 Å². The molecule has 1 atom stereocenters. The van der Waals surface area contributed by atoms with Crippen molar-refractivity contribution in [2.75, 3.05) is 13.2 Å². The maximum Gasteiger partial charge on any atom is 0.255 e. The molecule has 0 unspecified atom stereocenters. The highest BCUT2D eigenvalue weighted by Crippen LogP contribution is 2.19. The van der Waals surface area contributed by atoms with E-state index in [0.29, 0.717) is 17.9 Å². The van der Waals surface area contributed by atoms with Gasteiger partial charge >= 0.3 is 0 Å². The fourth-order valence-electron chi connectivity index (χ4n) is 2.29. The third kappa shape index (κ3) is 3.86. The number of benzene rings is 2. The smallest absolute Gasteiger partial charge is 0.255 e. The van der Waals surface area contributed by atoms with E-state index in [9.17, 15) is 9.90 Å². The van der Waals surface area contributed by atoms with Crippen LogP contribution in [0, 0.1) is 6.92 Å². The van der Waals surface area contributed by atoms with Gasteiger partial charge in [0.1, 0.15) is 5.75 Å². The Balaban J connectivity index is 2.03. The predicted molar refractivity (Wildman–Crippen MR) is 86.1 cm³/mol. The zero-order chi connectivity index (χ0) is 15.9. The van der Waals surface area contributed by atoms with Gasteiger partial charge in [0.05, 0.1) is 18.3 Å². The number of ether oxygens (including phenoxy) is 1. The molecule has 0 bridgehead atoms. The number of aliphatic hydroxyl groups excluding tert-OH is 1. The van der Waals surface area contributed by atoms with E-state index in [0.717, 1.165) is 11.1 Å². The Morgan fingerprint density at radius 3 is 2.59 bits per heavy atom. The summed E-state index contributed by atoms with van der Waals surface area (Å²) in [6.45, 7) is 4.46. The van der Waals surface area contributed by atoms with Gasteiger partial charge in [-0.15, -0.1) is 0 Å². The lowest BCUT2D eigenvalue weighted by molar-refractivity contribution is 0.0912. The number of nitrogens with one attached hydrogen (secondary N) is 1. The Morgan fingerprint density at radius 1 is 1.18 bits per heavy atom. The highest BCUT2D eigenvalue weighted by molar-refractivity contribution is 5.96. The first-order chi connectivity index (χ1) is 10.6. The number of para-hydroxylation sites is 1. The van der Waals surface area contributed by atoms with Gasteiger partial charge in [-0.25, -0.2) is 0 Å². The first kappa shape index (κ1) is 16.0. The SMILES string of the molecule is CCOc1ccccc1C(=O)NC[C@H](O)c1ccccc1C. The van der Waals surface area contributed by atoms with E-state index in [-0.39, 0.29) is 12.5 Å². The standard InChI is InChI=1S/C18H21NO3/c1-3-22-17-11-7-6-10-15(17)18(21)19-12-16(20)14-9-5-4-8-13(14)2/h4-11,16,20H,3,12H2,1-2H3,(H,19,21)/t16-/m0/s1. The quantitative estimate of drug-likeness (QED) is 0.862. The monoisotopic (exact) mass is 299 g/mol. The van der Waals surface area contributed by atoms with Gasteiger partial charge < -0.3 is 15.2 Å². The summed E-state index contributed by atoms with van der Waals surface area (Å²) in [6, 6.07) is 14.7. The minimum absolute atomic E-state index is 0.157. The van der Waals surface area contributed by atoms with Crippen molar-refractivity contribution in [1.29, 1.82) is 0 Å². The van der Waals surface area contributed by atoms with Gasteiger partial charge in [0.2, 0.25) is 0 Å². The van der Waals surface area contributed by atoms with Crippen LogP contribution < -0.4 is 10.1 Å². The Morgan fingerprint density at radius 2 is 1.86 bits per heavy atom. The summed E-state index contributed by atoms with van der Waals surface area (Å²) in [7, 11) is 0. The summed E-state index contributed by atoms with van der Waals surface area (Å²) in [5.41, 5.74) is 2.29. The number of rotatable bonds is 6. The van der Waals surface area contributed by atoms with Crippen molar-refractivity contribution < 1.29 is 14.6 Å². The zero-order valence-corrected chi connectivity index (χ0v) is 12.9. The number of carbonyl (C=O) groups is 1. The van der Waals surface area contributed by atoms with Gasteiger partial charge in [-0.1, -0.05) is 36.4 Å². The Kier molecular flexibility index (Phi) is 5.55. The molecular weight excluding hydrogens is 278 g/mol. The van der Waals surface area contributed by atoms with Crippen molar-refractivity contribution in [3.63, 3.8) is 0 Å². The van der Waals surface area contributed by atoms with Crippen LogP contribution in [0.3, 0.4) is 0 Å². The summed E-state index contributed by atoms with van der Waals surface area (Å²) in [5.74, 6) is 0.296. The molecule has 22 heavy (non-hydrogen) atoms. The Bertz CT molecular complexity index is 640. The number of amides is 1. The number of aryl methyl sites for hydroxylation is 1. The molecule has 2 N–H and O–H groups in total. The number of hydrogen-bond donors (Lipinski definition) is 2. The topological polar surface area (TPSA) is 58.6 Å². The lowest BCUT2D eigenvalue weighted by Crippen LogP contribution is -2.29. The highest BCUT2D eigenvalue weighted by Gasteiger charge is 2.15. The lowest BCUT2D eigenvalue weighted by Gasteiger charge is -2.15. The van der Waals surface area contributed by atoms with Gasteiger partial charge in [-0.2, -0.15) is 0 Å². The van der Waals surface area contributed by atoms with Crippen molar-refractivity contribution in [1.82, 2.24) is 5.32 Å². The van der Waals surface area contributed by atoms with Crippen molar-refractivity contribution >= 4 is 5.91 Å². The first-order valence-electron chi connectivity index (χ1n) is 7.37. The summed E-state index contributed by atoms with van der Waals surface area (Å²) in [6.07, 6.45) is -0.732. The molecule has 0 spiro atoms. The van der Waals surface area contributed by atoms with Crippen LogP contribution in [0.1, 0.15) is 34.5 Å². The molecular formula is C18H21NO3. The van der Waals surface area contributed by atoms with Gasteiger partial charge in [0.25, 0.3) is 5.91 Å². The third-order valence-corrected chi connectivity index (χ3v) is 3.43. The van der Waals surface area contributed by atoms with Crippen LogP contribution in [0.2, 0.25) is 0 Å². The van der Waals surface area contributed by atoms with E-state index in [1.807, 2.05) is 44.2 Å². The summed E-state index contributed by atoms with van der Waals surface area (Å²) in [5, 5.41) is 13.0. The largest absolute Gasteiger partial charge is 0.493 e. The van der Waals surface area contributed by atoms with Crippen molar-refractivity contribution in [2.45, 2.75) is 20.0 Å².